The van der Waals surface area contributed by atoms with Crippen LogP contribution in [0.4, 0.5) is 10.5 Å². The minimum atomic E-state index is -0.383. The van der Waals surface area contributed by atoms with Crippen LogP contribution in [0, 0.1) is 0 Å². The highest BCUT2D eigenvalue weighted by Crippen LogP contribution is 2.23. The van der Waals surface area contributed by atoms with Crippen molar-refractivity contribution < 1.29 is 9.59 Å². The number of carbonyl (C=O) groups is 2. The maximum atomic E-state index is 11.7. The Morgan fingerprint density at radius 1 is 1.31 bits per heavy atom. The second kappa shape index (κ2) is 4.14. The molecule has 0 bridgehead atoms. The Bertz CT molecular complexity index is 430. The molecule has 1 unspecified atom stereocenters. The van der Waals surface area contributed by atoms with Gasteiger partial charge in [0.05, 0.1) is 0 Å². The summed E-state index contributed by atoms with van der Waals surface area (Å²) in [5, 5.41) is 2.90. The van der Waals surface area contributed by atoms with Gasteiger partial charge in [-0.1, -0.05) is 11.6 Å². The molecule has 1 N–H and O–H groups in total. The topological polar surface area (TPSA) is 49.4 Å². The van der Waals surface area contributed by atoms with Crippen molar-refractivity contribution >= 4 is 29.2 Å². The van der Waals surface area contributed by atoms with Crippen molar-refractivity contribution in [1.82, 2.24) is 5.32 Å². The van der Waals surface area contributed by atoms with Crippen LogP contribution in [0.1, 0.15) is 13.3 Å². The van der Waals surface area contributed by atoms with Gasteiger partial charge in [-0.2, -0.15) is 0 Å². The smallest absolute Gasteiger partial charge is 0.291 e. The molecule has 1 aliphatic heterocycles. The number of imide groups is 1. The van der Waals surface area contributed by atoms with Crippen molar-refractivity contribution in [2.45, 2.75) is 19.4 Å². The Hall–Kier alpha value is -1.55. The van der Waals surface area contributed by atoms with Crippen molar-refractivity contribution in [3.63, 3.8) is 0 Å². The number of nitrogens with one attached hydrogen (secondary N) is 1. The predicted molar refractivity (Wildman–Crippen MR) is 61.5 cm³/mol. The first-order valence-corrected chi connectivity index (χ1v) is 5.34. The van der Waals surface area contributed by atoms with Gasteiger partial charge in [-0.15, -0.1) is 0 Å². The van der Waals surface area contributed by atoms with E-state index >= 15 is 0 Å². The van der Waals surface area contributed by atoms with E-state index in [-0.39, 0.29) is 18.0 Å². The Morgan fingerprint density at radius 3 is 2.50 bits per heavy atom. The first-order chi connectivity index (χ1) is 7.58. The maximum absolute atomic E-state index is 11.7. The molecule has 1 aliphatic rings. The number of rotatable bonds is 1. The molecule has 0 spiro atoms. The zero-order chi connectivity index (χ0) is 11.7. The molecule has 1 aromatic rings. The Labute approximate surface area is 98.2 Å². The van der Waals surface area contributed by atoms with Crippen LogP contribution < -0.4 is 10.2 Å². The second-order valence-electron chi connectivity index (χ2n) is 3.75. The molecule has 0 saturated carbocycles. The lowest BCUT2D eigenvalue weighted by molar-refractivity contribution is -0.120. The lowest BCUT2D eigenvalue weighted by atomic mass is 10.1. The van der Waals surface area contributed by atoms with Gasteiger partial charge < -0.3 is 0 Å². The fourth-order valence-corrected chi connectivity index (χ4v) is 1.89. The number of hydrogen-bond donors (Lipinski definition) is 1. The zero-order valence-electron chi connectivity index (χ0n) is 8.74. The lowest BCUT2D eigenvalue weighted by Crippen LogP contribution is -2.54. The second-order valence-corrected chi connectivity index (χ2v) is 4.19. The molecule has 1 saturated heterocycles. The van der Waals surface area contributed by atoms with Crippen LogP contribution in [-0.2, 0) is 4.79 Å². The summed E-state index contributed by atoms with van der Waals surface area (Å²) >= 11 is 5.77. The quantitative estimate of drug-likeness (QED) is 0.815. The van der Waals surface area contributed by atoms with Crippen LogP contribution in [0.3, 0.4) is 0 Å². The highest BCUT2D eigenvalue weighted by Gasteiger charge is 2.30. The summed E-state index contributed by atoms with van der Waals surface area (Å²) in [4.78, 5) is 24.3. The van der Waals surface area contributed by atoms with Gasteiger partial charge in [0, 0.05) is 23.2 Å². The van der Waals surface area contributed by atoms with Gasteiger partial charge in [0.25, 0.3) is 0 Å². The number of amides is 3. The number of anilines is 1. The van der Waals surface area contributed by atoms with E-state index in [1.54, 1.807) is 29.2 Å². The lowest BCUT2D eigenvalue weighted by Gasteiger charge is -2.32. The van der Waals surface area contributed by atoms with E-state index in [1.165, 1.54) is 0 Å². The molecule has 0 aromatic heterocycles. The largest absolute Gasteiger partial charge is 0.328 e. The molecule has 16 heavy (non-hydrogen) atoms. The number of nitrogens with zero attached hydrogens (tertiary/aromatic N) is 1. The summed E-state index contributed by atoms with van der Waals surface area (Å²) < 4.78 is 0. The van der Waals surface area contributed by atoms with Crippen LogP contribution in [0.15, 0.2) is 24.3 Å². The fourth-order valence-electron chi connectivity index (χ4n) is 1.76. The van der Waals surface area contributed by atoms with Crippen molar-refractivity contribution in [3.8, 4) is 0 Å². The molecule has 3 amide bonds. The molecule has 1 fully saturated rings. The standard InChI is InChI=1S/C11H11ClN2O2/c1-7-6-10(15)13-11(16)14(7)9-4-2-8(12)3-5-9/h2-5,7H,6H2,1H3,(H,13,15,16). The van der Waals surface area contributed by atoms with E-state index in [4.69, 9.17) is 11.6 Å². The number of hydrogen-bond acceptors (Lipinski definition) is 2. The van der Waals surface area contributed by atoms with Gasteiger partial charge in [-0.25, -0.2) is 4.79 Å². The molecule has 0 radical (unpaired) electrons. The summed E-state index contributed by atoms with van der Waals surface area (Å²) in [5.74, 6) is -0.234. The van der Waals surface area contributed by atoms with E-state index < -0.39 is 0 Å². The van der Waals surface area contributed by atoms with Gasteiger partial charge in [0.2, 0.25) is 5.91 Å². The third-order valence-corrected chi connectivity index (χ3v) is 2.74. The normalized spacial score (nSPS) is 20.9. The number of halogens is 1. The van der Waals surface area contributed by atoms with Crippen LogP contribution in [-0.4, -0.2) is 18.0 Å². The third kappa shape index (κ3) is 2.02. The van der Waals surface area contributed by atoms with Crippen LogP contribution in [0.2, 0.25) is 5.02 Å². The van der Waals surface area contributed by atoms with E-state index in [0.717, 1.165) is 5.69 Å². The molecule has 5 heteroatoms. The zero-order valence-corrected chi connectivity index (χ0v) is 9.49. The third-order valence-electron chi connectivity index (χ3n) is 2.49. The fraction of sp³-hybridized carbons (Fsp3) is 0.273. The summed E-state index contributed by atoms with van der Waals surface area (Å²) in [6.07, 6.45) is 0.314. The number of benzene rings is 1. The van der Waals surface area contributed by atoms with Crippen molar-refractivity contribution in [2.75, 3.05) is 4.90 Å². The van der Waals surface area contributed by atoms with E-state index in [1.807, 2.05) is 6.92 Å². The van der Waals surface area contributed by atoms with Crippen LogP contribution in [0.25, 0.3) is 0 Å². The van der Waals surface area contributed by atoms with E-state index in [0.29, 0.717) is 11.4 Å². The highest BCUT2D eigenvalue weighted by atomic mass is 35.5. The molecule has 1 aromatic carbocycles. The van der Waals surface area contributed by atoms with Crippen molar-refractivity contribution in [1.29, 1.82) is 0 Å². The summed E-state index contributed by atoms with van der Waals surface area (Å²) in [6.45, 7) is 1.84. The highest BCUT2D eigenvalue weighted by molar-refractivity contribution is 6.30. The average Bonchev–Trinajstić information content (AvgIpc) is 2.19. The Kier molecular flexibility index (Phi) is 2.83. The average molecular weight is 239 g/mol. The molecule has 84 valence electrons. The van der Waals surface area contributed by atoms with Gasteiger partial charge in [-0.05, 0) is 31.2 Å². The molecule has 0 aliphatic carbocycles. The van der Waals surface area contributed by atoms with Gasteiger partial charge in [-0.3, -0.25) is 15.0 Å². The van der Waals surface area contributed by atoms with E-state index in [2.05, 4.69) is 5.32 Å². The monoisotopic (exact) mass is 238 g/mol. The molecule has 1 atom stereocenters. The summed E-state index contributed by atoms with van der Waals surface area (Å²) in [7, 11) is 0. The Morgan fingerprint density at radius 2 is 1.94 bits per heavy atom. The molecule has 2 rings (SSSR count). The summed E-state index contributed by atoms with van der Waals surface area (Å²) in [6, 6.07) is 6.43. The molecular formula is C11H11ClN2O2. The van der Waals surface area contributed by atoms with Gasteiger partial charge >= 0.3 is 6.03 Å². The summed E-state index contributed by atoms with van der Waals surface area (Å²) in [5.41, 5.74) is 0.738. The van der Waals surface area contributed by atoms with E-state index in [9.17, 15) is 9.59 Å². The SMILES string of the molecule is CC1CC(=O)NC(=O)N1c1ccc(Cl)cc1. The van der Waals surface area contributed by atoms with Crippen molar-refractivity contribution in [3.05, 3.63) is 29.3 Å². The van der Waals surface area contributed by atoms with Crippen LogP contribution >= 0.6 is 11.6 Å². The minimum absolute atomic E-state index is 0.137. The minimum Gasteiger partial charge on any atom is -0.291 e. The molecule has 1 heterocycles. The molecular weight excluding hydrogens is 228 g/mol. The number of carbonyl (C=O) groups excluding carboxylic acids is 2. The van der Waals surface area contributed by atoms with Crippen molar-refractivity contribution in [2.24, 2.45) is 0 Å². The molecule has 4 nitrogen and oxygen atoms in total. The first-order valence-electron chi connectivity index (χ1n) is 4.96. The van der Waals surface area contributed by atoms with Gasteiger partial charge in [0.15, 0.2) is 0 Å². The first kappa shape index (κ1) is 11.0. The Balaban J connectivity index is 2.29. The maximum Gasteiger partial charge on any atom is 0.328 e. The number of urea groups is 1. The van der Waals surface area contributed by atoms with Gasteiger partial charge in [0.1, 0.15) is 0 Å². The predicted octanol–water partition coefficient (Wildman–Crippen LogP) is 2.17. The van der Waals surface area contributed by atoms with Crippen LogP contribution in [0.5, 0.6) is 0 Å².